The number of aliphatic hydroxyl groups is 1. The van der Waals surface area contributed by atoms with E-state index in [9.17, 15) is 23.1 Å². The van der Waals surface area contributed by atoms with Crippen LogP contribution in [-0.4, -0.2) is 68.2 Å². The number of rotatable bonds is 5. The molecule has 5 heterocycles. The van der Waals surface area contributed by atoms with Gasteiger partial charge in [-0.1, -0.05) is 0 Å². The van der Waals surface area contributed by atoms with Gasteiger partial charge in [-0.2, -0.15) is 5.10 Å². The van der Waals surface area contributed by atoms with E-state index in [0.29, 0.717) is 63.6 Å². The van der Waals surface area contributed by atoms with Crippen LogP contribution in [0.2, 0.25) is 0 Å². The average Bonchev–Trinajstić information content (AvgIpc) is 3.69. The summed E-state index contributed by atoms with van der Waals surface area (Å²) in [6.45, 7) is 2.42. The molecule has 0 amide bonds. The van der Waals surface area contributed by atoms with Crippen LogP contribution in [-0.2, 0) is 28.2 Å². The first kappa shape index (κ1) is 27.8. The third-order valence-electron chi connectivity index (χ3n) is 8.03. The molecule has 1 aliphatic heterocycles. The van der Waals surface area contributed by atoms with E-state index in [1.165, 1.54) is 21.5 Å². The molecule has 6 aromatic rings. The number of β-amino-alcohol motifs (C(OH)–C–C–N with tert-alkyl or cyclic N) is 1. The number of hydrogen-bond acceptors (Lipinski definition) is 7. The van der Waals surface area contributed by atoms with Crippen LogP contribution >= 0.6 is 0 Å². The minimum absolute atomic E-state index is 0.175. The summed E-state index contributed by atoms with van der Waals surface area (Å²) < 4.78 is 53.8. The summed E-state index contributed by atoms with van der Waals surface area (Å²) in [6.07, 6.45) is 1.33. The monoisotopic (exact) mass is 607 g/mol. The van der Waals surface area contributed by atoms with Crippen molar-refractivity contribution in [1.29, 1.82) is 0 Å². The molecule has 0 saturated carbocycles. The minimum Gasteiger partial charge on any atom is -0.405 e. The number of ether oxygens (including phenoxy) is 1. The second-order valence-electron chi connectivity index (χ2n) is 11.5. The Morgan fingerprint density at radius 3 is 2.36 bits per heavy atom. The maximum atomic E-state index is 13.7. The zero-order valence-corrected chi connectivity index (χ0v) is 24.5. The lowest BCUT2D eigenvalue weighted by Crippen LogP contribution is -2.60. The first-order chi connectivity index (χ1) is 20.7. The van der Waals surface area contributed by atoms with Crippen molar-refractivity contribution >= 4 is 27.8 Å². The Morgan fingerprint density at radius 1 is 1.00 bits per heavy atom. The smallest absolute Gasteiger partial charge is 0.405 e. The van der Waals surface area contributed by atoms with Gasteiger partial charge in [-0.3, -0.25) is 18.4 Å². The van der Waals surface area contributed by atoms with Crippen LogP contribution in [0.15, 0.2) is 54.0 Å². The number of aromatic nitrogens is 8. The molecule has 15 heteroatoms. The summed E-state index contributed by atoms with van der Waals surface area (Å²) in [6, 6.07) is 6.53. The Labute approximate surface area is 247 Å². The predicted octanol–water partition coefficient (Wildman–Crippen LogP) is 3.49. The quantitative estimate of drug-likeness (QED) is 0.319. The van der Waals surface area contributed by atoms with E-state index >= 15 is 0 Å². The van der Waals surface area contributed by atoms with Crippen molar-refractivity contribution in [3.05, 3.63) is 59.7 Å². The molecule has 12 nitrogen and oxygen atoms in total. The SMILES string of the molecule is Cn1cc(-c2cc3nc(-c4cncn4C)n(-c4cc(N5CC(C)(O)C5)c5c(c4)n(C)c(=O)n5C)c3cc2OC(F)(F)F)cn1. The molecule has 0 unspecified atom stereocenters. The molecule has 0 atom stereocenters. The van der Waals surface area contributed by atoms with Gasteiger partial charge in [0.05, 0.1) is 57.8 Å². The summed E-state index contributed by atoms with van der Waals surface area (Å²) in [5.41, 5.74) is 3.34. The van der Waals surface area contributed by atoms with Crippen LogP contribution in [0, 0.1) is 0 Å². The summed E-state index contributed by atoms with van der Waals surface area (Å²) in [5.74, 6) is 0.00559. The summed E-state index contributed by atoms with van der Waals surface area (Å²) >= 11 is 0. The second kappa shape index (κ2) is 9.22. The van der Waals surface area contributed by atoms with Crippen LogP contribution in [0.1, 0.15) is 6.92 Å². The van der Waals surface area contributed by atoms with Crippen LogP contribution in [0.3, 0.4) is 0 Å². The third kappa shape index (κ3) is 4.34. The number of anilines is 1. The van der Waals surface area contributed by atoms with Crippen molar-refractivity contribution in [2.45, 2.75) is 18.9 Å². The van der Waals surface area contributed by atoms with Crippen molar-refractivity contribution in [2.75, 3.05) is 18.0 Å². The lowest BCUT2D eigenvalue weighted by molar-refractivity contribution is -0.274. The number of halogens is 3. The van der Waals surface area contributed by atoms with Crippen LogP contribution in [0.5, 0.6) is 5.75 Å². The standard InChI is InChI=1S/C29H28F3N9O3/c1-28(43)13-40(14-28)22-7-17(6-21-25(22)39(5)27(42)38(21)4)41-20-9-24(44-29(30,31)32)18(16-10-34-37(3)12-16)8-19(20)35-26(41)23-11-33-15-36(23)2/h6-12,15,43H,13-14H2,1-5H3. The van der Waals surface area contributed by atoms with Gasteiger partial charge in [0.1, 0.15) is 11.4 Å². The van der Waals surface area contributed by atoms with Crippen molar-refractivity contribution in [3.8, 4) is 34.1 Å². The molecule has 0 radical (unpaired) electrons. The molecule has 228 valence electrons. The molecule has 1 N–H and O–H groups in total. The normalized spacial score (nSPS) is 15.0. The van der Waals surface area contributed by atoms with Crippen molar-refractivity contribution in [3.63, 3.8) is 0 Å². The summed E-state index contributed by atoms with van der Waals surface area (Å²) in [4.78, 5) is 24.2. The number of benzene rings is 2. The fraction of sp³-hybridized carbons (Fsp3) is 0.310. The van der Waals surface area contributed by atoms with Gasteiger partial charge in [-0.15, -0.1) is 13.2 Å². The third-order valence-corrected chi connectivity index (χ3v) is 8.03. The Hall–Kier alpha value is -5.05. The van der Waals surface area contributed by atoms with Gasteiger partial charge in [-0.05, 0) is 25.1 Å². The minimum atomic E-state index is -4.96. The molecule has 1 aliphatic rings. The van der Waals surface area contributed by atoms with Crippen molar-refractivity contribution in [1.82, 2.24) is 38.0 Å². The molecule has 4 aromatic heterocycles. The van der Waals surface area contributed by atoms with Crippen LogP contribution in [0.25, 0.3) is 50.4 Å². The highest BCUT2D eigenvalue weighted by Crippen LogP contribution is 2.41. The van der Waals surface area contributed by atoms with E-state index in [4.69, 9.17) is 4.98 Å². The highest BCUT2D eigenvalue weighted by molar-refractivity contribution is 5.95. The lowest BCUT2D eigenvalue weighted by Gasteiger charge is -2.46. The molecule has 2 aromatic carbocycles. The zero-order valence-electron chi connectivity index (χ0n) is 24.5. The first-order valence-corrected chi connectivity index (χ1v) is 13.7. The zero-order chi connectivity index (χ0) is 31.3. The van der Waals surface area contributed by atoms with Crippen molar-refractivity contribution < 1.29 is 23.0 Å². The van der Waals surface area contributed by atoms with E-state index < -0.39 is 17.7 Å². The van der Waals surface area contributed by atoms with Crippen LogP contribution < -0.4 is 15.3 Å². The first-order valence-electron chi connectivity index (χ1n) is 13.7. The van der Waals surface area contributed by atoms with Gasteiger partial charge in [0.15, 0.2) is 5.82 Å². The number of aryl methyl sites for hydroxylation is 4. The molecule has 0 bridgehead atoms. The molecular formula is C29H28F3N9O3. The molecule has 1 saturated heterocycles. The van der Waals surface area contributed by atoms with Gasteiger partial charge in [0, 0.05) is 64.7 Å². The maximum absolute atomic E-state index is 13.7. The number of fused-ring (bicyclic) bond motifs is 2. The number of hydrogen-bond donors (Lipinski definition) is 1. The fourth-order valence-electron chi connectivity index (χ4n) is 6.03. The molecular weight excluding hydrogens is 579 g/mol. The Balaban J connectivity index is 1.56. The number of imidazole rings is 3. The second-order valence-corrected chi connectivity index (χ2v) is 11.5. The number of alkyl halides is 3. The predicted molar refractivity (Wildman–Crippen MR) is 157 cm³/mol. The van der Waals surface area contributed by atoms with E-state index in [0.717, 1.165) is 0 Å². The largest absolute Gasteiger partial charge is 0.573 e. The topological polar surface area (TPSA) is 113 Å². The van der Waals surface area contributed by atoms with Crippen molar-refractivity contribution in [2.24, 2.45) is 28.2 Å². The summed E-state index contributed by atoms with van der Waals surface area (Å²) in [7, 11) is 6.81. The highest BCUT2D eigenvalue weighted by Gasteiger charge is 2.38. The van der Waals surface area contributed by atoms with Gasteiger partial charge in [0.25, 0.3) is 0 Å². The van der Waals surface area contributed by atoms with E-state index in [2.05, 4.69) is 14.8 Å². The molecule has 7 rings (SSSR count). The Kier molecular flexibility index (Phi) is 5.82. The average molecular weight is 608 g/mol. The van der Waals surface area contributed by atoms with Gasteiger partial charge in [-0.25, -0.2) is 14.8 Å². The number of nitrogens with zero attached hydrogens (tertiary/aromatic N) is 9. The van der Waals surface area contributed by atoms with Gasteiger partial charge < -0.3 is 19.3 Å². The lowest BCUT2D eigenvalue weighted by atomic mass is 9.95. The van der Waals surface area contributed by atoms with E-state index in [-0.39, 0.29) is 11.3 Å². The maximum Gasteiger partial charge on any atom is 0.573 e. The highest BCUT2D eigenvalue weighted by atomic mass is 19.4. The van der Waals surface area contributed by atoms with Gasteiger partial charge in [0.2, 0.25) is 0 Å². The molecule has 44 heavy (non-hydrogen) atoms. The van der Waals surface area contributed by atoms with E-state index in [1.54, 1.807) is 79.7 Å². The fourth-order valence-corrected chi connectivity index (χ4v) is 6.03. The molecule has 1 fully saturated rings. The van der Waals surface area contributed by atoms with Crippen LogP contribution in [0.4, 0.5) is 18.9 Å². The molecule has 0 spiro atoms. The van der Waals surface area contributed by atoms with Gasteiger partial charge >= 0.3 is 12.1 Å². The molecule has 0 aliphatic carbocycles. The summed E-state index contributed by atoms with van der Waals surface area (Å²) in [5, 5.41) is 14.7. The Morgan fingerprint density at radius 2 is 1.75 bits per heavy atom. The Bertz CT molecular complexity index is 2160. The van der Waals surface area contributed by atoms with E-state index in [1.807, 2.05) is 11.0 Å².